The van der Waals surface area contributed by atoms with Crippen LogP contribution in [0.4, 0.5) is 0 Å². The number of esters is 1. The minimum absolute atomic E-state index is 0. The highest BCUT2D eigenvalue weighted by Crippen LogP contribution is 2.42. The molecule has 0 heterocycles. The van der Waals surface area contributed by atoms with Gasteiger partial charge in [-0.2, -0.15) is 0 Å². The fourth-order valence-corrected chi connectivity index (χ4v) is 4.31. The van der Waals surface area contributed by atoms with Crippen LogP contribution in [0.3, 0.4) is 0 Å². The molecule has 1 aliphatic carbocycles. The van der Waals surface area contributed by atoms with Gasteiger partial charge in [0.15, 0.2) is 0 Å². The Morgan fingerprint density at radius 1 is 1.13 bits per heavy atom. The third kappa shape index (κ3) is 6.10. The quantitative estimate of drug-likeness (QED) is 0.573. The van der Waals surface area contributed by atoms with Crippen molar-refractivity contribution in [2.75, 3.05) is 34.9 Å². The lowest BCUT2D eigenvalue weighted by Crippen LogP contribution is -2.29. The highest BCUT2D eigenvalue weighted by Gasteiger charge is 2.29. The lowest BCUT2D eigenvalue weighted by Gasteiger charge is -2.35. The number of nitrogens with zero attached hydrogens (tertiary/aromatic N) is 1. The van der Waals surface area contributed by atoms with Gasteiger partial charge in [-0.05, 0) is 80.6 Å². The zero-order valence-electron chi connectivity index (χ0n) is 18.3. The predicted molar refractivity (Wildman–Crippen MR) is 125 cm³/mol. The summed E-state index contributed by atoms with van der Waals surface area (Å²) in [5.74, 6) is 1.68. The molecular formula is C25H32ClNO3. The van der Waals surface area contributed by atoms with E-state index in [0.29, 0.717) is 17.4 Å². The Hall–Kier alpha value is -2.30. The zero-order chi connectivity index (χ0) is 20.8. The van der Waals surface area contributed by atoms with Crippen LogP contribution in [-0.4, -0.2) is 45.7 Å². The lowest BCUT2D eigenvalue weighted by molar-refractivity contribution is 0.0600. The van der Waals surface area contributed by atoms with E-state index >= 15 is 0 Å². The average Bonchev–Trinajstić information content (AvgIpc) is 2.74. The first-order valence-electron chi connectivity index (χ1n) is 10.2. The van der Waals surface area contributed by atoms with Crippen molar-refractivity contribution in [3.8, 4) is 5.75 Å². The Labute approximate surface area is 186 Å². The van der Waals surface area contributed by atoms with Crippen LogP contribution in [0.1, 0.15) is 46.7 Å². The van der Waals surface area contributed by atoms with Crippen molar-refractivity contribution in [3.63, 3.8) is 0 Å². The highest BCUT2D eigenvalue weighted by atomic mass is 35.5. The van der Waals surface area contributed by atoms with E-state index in [0.717, 1.165) is 37.1 Å². The van der Waals surface area contributed by atoms with Crippen molar-refractivity contribution in [1.82, 2.24) is 4.90 Å². The van der Waals surface area contributed by atoms with E-state index in [-0.39, 0.29) is 18.4 Å². The van der Waals surface area contributed by atoms with E-state index in [9.17, 15) is 4.79 Å². The van der Waals surface area contributed by atoms with Crippen LogP contribution in [0, 0.1) is 5.92 Å². The first kappa shape index (κ1) is 24.0. The third-order valence-electron chi connectivity index (χ3n) is 5.69. The van der Waals surface area contributed by atoms with Gasteiger partial charge in [0.2, 0.25) is 0 Å². The molecule has 0 aliphatic heterocycles. The standard InChI is InChI=1S/C25H31NO3.ClH/c1-26(2)17-22-12-11-19(13-18-7-5-9-21(14-18)25(27)29-4)15-24(22)20-8-6-10-23(16-20)28-3;/h5-10,13-14,16,22,24H,11-12,15,17H2,1-4H3;1H/b19-13-;/t22-,24-;/m1./s1. The number of methoxy groups -OCH3 is 2. The summed E-state index contributed by atoms with van der Waals surface area (Å²) in [5.41, 5.74) is 4.41. The molecule has 1 saturated carbocycles. The van der Waals surface area contributed by atoms with Gasteiger partial charge in [-0.3, -0.25) is 0 Å². The summed E-state index contributed by atoms with van der Waals surface area (Å²) in [7, 11) is 7.42. The number of halogens is 1. The van der Waals surface area contributed by atoms with Gasteiger partial charge in [0, 0.05) is 6.54 Å². The number of rotatable bonds is 6. The van der Waals surface area contributed by atoms with Crippen molar-refractivity contribution in [2.45, 2.75) is 25.2 Å². The molecule has 5 heteroatoms. The molecule has 30 heavy (non-hydrogen) atoms. The minimum atomic E-state index is -0.297. The Morgan fingerprint density at radius 3 is 2.60 bits per heavy atom. The molecular weight excluding hydrogens is 398 g/mol. The Morgan fingerprint density at radius 2 is 1.90 bits per heavy atom. The SMILES string of the molecule is COC(=O)c1cccc(/C=C2/CC[C@H](CN(C)C)[C@@H](c3cccc(OC)c3)C2)c1.Cl. The minimum Gasteiger partial charge on any atom is -0.497 e. The van der Waals surface area contributed by atoms with Crippen LogP contribution in [-0.2, 0) is 4.74 Å². The molecule has 162 valence electrons. The molecule has 2 aromatic carbocycles. The van der Waals surface area contributed by atoms with Gasteiger partial charge in [-0.15, -0.1) is 12.4 Å². The molecule has 0 saturated heterocycles. The summed E-state index contributed by atoms with van der Waals surface area (Å²) in [5, 5.41) is 0. The Bertz CT molecular complexity index is 878. The second-order valence-corrected chi connectivity index (χ2v) is 8.07. The number of carbonyl (C=O) groups excluding carboxylic acids is 1. The van der Waals surface area contributed by atoms with Crippen LogP contribution < -0.4 is 4.74 Å². The summed E-state index contributed by atoms with van der Waals surface area (Å²) in [6, 6.07) is 16.1. The first-order valence-corrected chi connectivity index (χ1v) is 10.2. The monoisotopic (exact) mass is 429 g/mol. The number of hydrogen-bond donors (Lipinski definition) is 0. The molecule has 2 aromatic rings. The summed E-state index contributed by atoms with van der Waals surface area (Å²) in [6.07, 6.45) is 5.50. The van der Waals surface area contributed by atoms with Gasteiger partial charge in [-0.25, -0.2) is 4.79 Å². The van der Waals surface area contributed by atoms with E-state index in [1.807, 2.05) is 24.3 Å². The maximum Gasteiger partial charge on any atom is 0.337 e. The first-order chi connectivity index (χ1) is 14.0. The molecule has 4 nitrogen and oxygen atoms in total. The van der Waals surface area contributed by atoms with Gasteiger partial charge in [0.1, 0.15) is 5.75 Å². The van der Waals surface area contributed by atoms with Crippen molar-refractivity contribution in [3.05, 3.63) is 70.8 Å². The number of ether oxygens (including phenoxy) is 2. The molecule has 0 aromatic heterocycles. The number of hydrogen-bond acceptors (Lipinski definition) is 4. The molecule has 0 unspecified atom stereocenters. The number of allylic oxidation sites excluding steroid dienone is 1. The Kier molecular flexibility index (Phi) is 8.94. The van der Waals surface area contributed by atoms with Crippen molar-refractivity contribution in [1.29, 1.82) is 0 Å². The Balaban J connectivity index is 0.00000320. The van der Waals surface area contributed by atoms with Gasteiger partial charge in [0.05, 0.1) is 19.8 Å². The van der Waals surface area contributed by atoms with Crippen LogP contribution >= 0.6 is 12.4 Å². The maximum absolute atomic E-state index is 11.8. The lowest BCUT2D eigenvalue weighted by atomic mass is 9.73. The molecule has 0 bridgehead atoms. The van der Waals surface area contributed by atoms with Gasteiger partial charge >= 0.3 is 5.97 Å². The molecule has 0 spiro atoms. The average molecular weight is 430 g/mol. The van der Waals surface area contributed by atoms with Gasteiger partial charge in [0.25, 0.3) is 0 Å². The predicted octanol–water partition coefficient (Wildman–Crippen LogP) is 5.43. The number of carbonyl (C=O) groups is 1. The van der Waals surface area contributed by atoms with Crippen LogP contribution in [0.15, 0.2) is 54.1 Å². The highest BCUT2D eigenvalue weighted by molar-refractivity contribution is 5.90. The number of benzene rings is 2. The molecule has 1 aliphatic rings. The van der Waals surface area contributed by atoms with Crippen molar-refractivity contribution in [2.24, 2.45) is 5.92 Å². The fraction of sp³-hybridized carbons (Fsp3) is 0.400. The van der Waals surface area contributed by atoms with Crippen molar-refractivity contribution < 1.29 is 14.3 Å². The summed E-state index contributed by atoms with van der Waals surface area (Å²) < 4.78 is 10.3. The summed E-state index contributed by atoms with van der Waals surface area (Å²) in [6.45, 7) is 1.08. The van der Waals surface area contributed by atoms with E-state index < -0.39 is 0 Å². The van der Waals surface area contributed by atoms with Crippen LogP contribution in [0.2, 0.25) is 0 Å². The molecule has 0 radical (unpaired) electrons. The van der Waals surface area contributed by atoms with Gasteiger partial charge < -0.3 is 14.4 Å². The van der Waals surface area contributed by atoms with Gasteiger partial charge in [-0.1, -0.05) is 35.9 Å². The molecule has 0 N–H and O–H groups in total. The fourth-order valence-electron chi connectivity index (χ4n) is 4.31. The zero-order valence-corrected chi connectivity index (χ0v) is 19.1. The normalized spacial score (nSPS) is 20.0. The molecule has 2 atom stereocenters. The largest absolute Gasteiger partial charge is 0.497 e. The molecule has 3 rings (SSSR count). The molecule has 1 fully saturated rings. The summed E-state index contributed by atoms with van der Waals surface area (Å²) in [4.78, 5) is 14.1. The second-order valence-electron chi connectivity index (χ2n) is 8.07. The van der Waals surface area contributed by atoms with Crippen molar-refractivity contribution >= 4 is 24.5 Å². The molecule has 0 amide bonds. The summed E-state index contributed by atoms with van der Waals surface area (Å²) >= 11 is 0. The van der Waals surface area contributed by atoms with E-state index in [1.54, 1.807) is 13.2 Å². The second kappa shape index (κ2) is 11.2. The smallest absolute Gasteiger partial charge is 0.337 e. The van der Waals surface area contributed by atoms with Crippen LogP contribution in [0.25, 0.3) is 6.08 Å². The topological polar surface area (TPSA) is 38.8 Å². The van der Waals surface area contributed by atoms with E-state index in [1.165, 1.54) is 18.2 Å². The van der Waals surface area contributed by atoms with Crippen LogP contribution in [0.5, 0.6) is 5.75 Å². The van der Waals surface area contributed by atoms with E-state index in [2.05, 4.69) is 43.3 Å². The third-order valence-corrected chi connectivity index (χ3v) is 5.69. The van der Waals surface area contributed by atoms with E-state index in [4.69, 9.17) is 9.47 Å². The maximum atomic E-state index is 11.8.